The van der Waals surface area contributed by atoms with Gasteiger partial charge < -0.3 is 14.8 Å². The molecule has 2 rings (SSSR count). The number of anilines is 1. The molecule has 0 radical (unpaired) electrons. The molecule has 1 N–H and O–H groups in total. The Labute approximate surface area is 102 Å². The SMILES string of the molecule is COc1nc(NCc2cncs2)nc(OC)n1. The van der Waals surface area contributed by atoms with E-state index in [9.17, 15) is 0 Å². The van der Waals surface area contributed by atoms with Crippen LogP contribution in [0.5, 0.6) is 12.0 Å². The number of methoxy groups -OCH3 is 2. The van der Waals surface area contributed by atoms with Gasteiger partial charge in [-0.1, -0.05) is 0 Å². The van der Waals surface area contributed by atoms with E-state index in [1.54, 1.807) is 23.0 Å². The smallest absolute Gasteiger partial charge is 0.324 e. The second-order valence-corrected chi connectivity index (χ2v) is 3.92. The van der Waals surface area contributed by atoms with Crippen molar-refractivity contribution < 1.29 is 9.47 Å². The van der Waals surface area contributed by atoms with Crippen LogP contribution < -0.4 is 14.8 Å². The maximum absolute atomic E-state index is 4.94. The highest BCUT2D eigenvalue weighted by Crippen LogP contribution is 2.13. The predicted molar refractivity (Wildman–Crippen MR) is 62.4 cm³/mol. The summed E-state index contributed by atoms with van der Waals surface area (Å²) in [5.74, 6) is 0.405. The molecule has 0 aliphatic carbocycles. The summed E-state index contributed by atoms with van der Waals surface area (Å²) >= 11 is 1.55. The van der Waals surface area contributed by atoms with Gasteiger partial charge in [-0.2, -0.15) is 9.97 Å². The van der Waals surface area contributed by atoms with Crippen molar-refractivity contribution in [3.8, 4) is 12.0 Å². The van der Waals surface area contributed by atoms with Crippen LogP contribution >= 0.6 is 11.3 Å². The van der Waals surface area contributed by atoms with Gasteiger partial charge in [-0.15, -0.1) is 16.3 Å². The van der Waals surface area contributed by atoms with Crippen LogP contribution in [-0.4, -0.2) is 34.2 Å². The van der Waals surface area contributed by atoms with Crippen molar-refractivity contribution in [1.82, 2.24) is 19.9 Å². The molecule has 8 heteroatoms. The lowest BCUT2D eigenvalue weighted by Gasteiger charge is -2.05. The molecule has 2 heterocycles. The molecule has 0 aliphatic rings. The Hall–Kier alpha value is -1.96. The first kappa shape index (κ1) is 11.5. The minimum atomic E-state index is 0.212. The van der Waals surface area contributed by atoms with E-state index in [2.05, 4.69) is 25.3 Å². The number of hydrogen-bond donors (Lipinski definition) is 1. The van der Waals surface area contributed by atoms with Gasteiger partial charge in [0.2, 0.25) is 5.95 Å². The molecule has 7 nitrogen and oxygen atoms in total. The number of nitrogens with zero attached hydrogens (tertiary/aromatic N) is 4. The molecule has 0 saturated heterocycles. The summed E-state index contributed by atoms with van der Waals surface area (Å²) in [5, 5.41) is 3.04. The minimum Gasteiger partial charge on any atom is -0.467 e. The monoisotopic (exact) mass is 253 g/mol. The zero-order chi connectivity index (χ0) is 12.1. The van der Waals surface area contributed by atoms with Gasteiger partial charge >= 0.3 is 12.0 Å². The van der Waals surface area contributed by atoms with E-state index in [4.69, 9.17) is 9.47 Å². The number of rotatable bonds is 5. The number of aromatic nitrogens is 4. The van der Waals surface area contributed by atoms with Gasteiger partial charge in [0.15, 0.2) is 0 Å². The molecule has 0 bridgehead atoms. The summed E-state index contributed by atoms with van der Waals surface area (Å²) in [6, 6.07) is 0.423. The van der Waals surface area contributed by atoms with E-state index in [0.717, 1.165) is 4.88 Å². The summed E-state index contributed by atoms with van der Waals surface area (Å²) in [7, 11) is 2.98. The molecule has 90 valence electrons. The van der Waals surface area contributed by atoms with E-state index in [1.165, 1.54) is 14.2 Å². The Morgan fingerprint density at radius 1 is 1.18 bits per heavy atom. The molecule has 0 atom stereocenters. The summed E-state index contributed by atoms with van der Waals surface area (Å²) < 4.78 is 9.88. The number of hydrogen-bond acceptors (Lipinski definition) is 8. The molecular weight excluding hydrogens is 242 g/mol. The fourth-order valence-corrected chi connectivity index (χ4v) is 1.63. The third kappa shape index (κ3) is 3.00. The quantitative estimate of drug-likeness (QED) is 0.849. The molecule has 0 unspecified atom stereocenters. The van der Waals surface area contributed by atoms with Crippen LogP contribution in [0.3, 0.4) is 0 Å². The van der Waals surface area contributed by atoms with Crippen molar-refractivity contribution in [3.05, 3.63) is 16.6 Å². The van der Waals surface area contributed by atoms with Crippen molar-refractivity contribution in [2.45, 2.75) is 6.54 Å². The average Bonchev–Trinajstić information content (AvgIpc) is 2.89. The van der Waals surface area contributed by atoms with Gasteiger partial charge in [0, 0.05) is 11.1 Å². The van der Waals surface area contributed by atoms with Crippen LogP contribution in [0.1, 0.15) is 4.88 Å². The van der Waals surface area contributed by atoms with Gasteiger partial charge in [0.25, 0.3) is 0 Å². The highest BCUT2D eigenvalue weighted by Gasteiger charge is 2.06. The van der Waals surface area contributed by atoms with E-state index < -0.39 is 0 Å². The maximum atomic E-state index is 4.94. The highest BCUT2D eigenvalue weighted by atomic mass is 32.1. The first-order valence-corrected chi connectivity index (χ1v) is 5.65. The van der Waals surface area contributed by atoms with Crippen LogP contribution in [0, 0.1) is 0 Å². The normalized spacial score (nSPS) is 10.0. The van der Waals surface area contributed by atoms with Gasteiger partial charge in [-0.25, -0.2) is 0 Å². The van der Waals surface area contributed by atoms with Crippen LogP contribution in [-0.2, 0) is 6.54 Å². The van der Waals surface area contributed by atoms with E-state index in [1.807, 2.05) is 0 Å². The van der Waals surface area contributed by atoms with Gasteiger partial charge in [-0.05, 0) is 0 Å². The summed E-state index contributed by atoms with van der Waals surface area (Å²) in [5.41, 5.74) is 1.77. The highest BCUT2D eigenvalue weighted by molar-refractivity contribution is 7.09. The molecule has 17 heavy (non-hydrogen) atoms. The zero-order valence-electron chi connectivity index (χ0n) is 9.38. The molecule has 0 aliphatic heterocycles. The second-order valence-electron chi connectivity index (χ2n) is 2.95. The van der Waals surface area contributed by atoms with Crippen molar-refractivity contribution in [1.29, 1.82) is 0 Å². The Morgan fingerprint density at radius 2 is 1.88 bits per heavy atom. The molecule has 2 aromatic rings. The molecule has 0 fully saturated rings. The maximum Gasteiger partial charge on any atom is 0.324 e. The predicted octanol–water partition coefficient (Wildman–Crippen LogP) is 0.957. The first-order valence-electron chi connectivity index (χ1n) is 4.77. The number of ether oxygens (including phenoxy) is 2. The largest absolute Gasteiger partial charge is 0.467 e. The topological polar surface area (TPSA) is 82.0 Å². The van der Waals surface area contributed by atoms with E-state index >= 15 is 0 Å². The van der Waals surface area contributed by atoms with Gasteiger partial charge in [-0.3, -0.25) is 4.98 Å². The Kier molecular flexibility index (Phi) is 3.66. The zero-order valence-corrected chi connectivity index (χ0v) is 10.2. The lowest BCUT2D eigenvalue weighted by molar-refractivity contribution is 0.341. The Morgan fingerprint density at radius 3 is 2.41 bits per heavy atom. The van der Waals surface area contributed by atoms with E-state index in [-0.39, 0.29) is 12.0 Å². The Balaban J connectivity index is 2.09. The van der Waals surface area contributed by atoms with E-state index in [0.29, 0.717) is 12.5 Å². The third-order valence-corrected chi connectivity index (χ3v) is 2.64. The van der Waals surface area contributed by atoms with Gasteiger partial charge in [0.05, 0.1) is 26.3 Å². The second kappa shape index (κ2) is 5.39. The van der Waals surface area contributed by atoms with Gasteiger partial charge in [0.1, 0.15) is 0 Å². The fraction of sp³-hybridized carbons (Fsp3) is 0.333. The fourth-order valence-electron chi connectivity index (χ4n) is 1.10. The molecule has 0 amide bonds. The van der Waals surface area contributed by atoms with Crippen molar-refractivity contribution in [2.24, 2.45) is 0 Å². The summed E-state index contributed by atoms with van der Waals surface area (Å²) in [6.45, 7) is 0.598. The van der Waals surface area contributed by atoms with Crippen LogP contribution in [0.25, 0.3) is 0 Å². The summed E-state index contributed by atoms with van der Waals surface area (Å²) in [4.78, 5) is 17.1. The molecule has 0 spiro atoms. The van der Waals surface area contributed by atoms with Crippen molar-refractivity contribution in [2.75, 3.05) is 19.5 Å². The minimum absolute atomic E-state index is 0.212. The lowest BCUT2D eigenvalue weighted by atomic mass is 10.5. The van der Waals surface area contributed by atoms with Crippen LogP contribution in [0.15, 0.2) is 11.7 Å². The molecule has 0 aromatic carbocycles. The first-order chi connectivity index (χ1) is 8.31. The number of nitrogens with one attached hydrogen (secondary N) is 1. The standard InChI is InChI=1S/C9H11N5O2S/c1-15-8-12-7(13-9(14-8)16-2)11-4-6-3-10-5-17-6/h3,5H,4H2,1-2H3,(H,11,12,13,14). The van der Waals surface area contributed by atoms with Crippen molar-refractivity contribution in [3.63, 3.8) is 0 Å². The Bertz CT molecular complexity index is 454. The molecular formula is C9H11N5O2S. The third-order valence-electron chi connectivity index (χ3n) is 1.86. The van der Waals surface area contributed by atoms with Crippen LogP contribution in [0.2, 0.25) is 0 Å². The number of thiazole rings is 1. The summed E-state index contributed by atoms with van der Waals surface area (Å²) in [6.07, 6.45) is 1.79. The lowest BCUT2D eigenvalue weighted by Crippen LogP contribution is -2.06. The molecule has 0 saturated carbocycles. The molecule has 2 aromatic heterocycles. The van der Waals surface area contributed by atoms with Crippen LogP contribution in [0.4, 0.5) is 5.95 Å². The van der Waals surface area contributed by atoms with Crippen molar-refractivity contribution >= 4 is 17.3 Å². The average molecular weight is 253 g/mol.